The molecular formula is C8H11ClO2. The van der Waals surface area contributed by atoms with Gasteiger partial charge in [0.1, 0.15) is 17.3 Å². The number of rotatable bonds is 2. The average Bonchev–Trinajstić information content (AvgIpc) is 2.00. The Morgan fingerprint density at radius 1 is 1.64 bits per heavy atom. The average molecular weight is 175 g/mol. The molecule has 0 saturated carbocycles. The second kappa shape index (κ2) is 4.38. The summed E-state index contributed by atoms with van der Waals surface area (Å²) < 4.78 is 4.98. The molecule has 0 heterocycles. The van der Waals surface area contributed by atoms with E-state index in [1.807, 2.05) is 0 Å². The number of ether oxygens (including phenoxy) is 1. The highest BCUT2D eigenvalue weighted by atomic mass is 35.5. The van der Waals surface area contributed by atoms with Crippen molar-refractivity contribution in [2.45, 2.75) is 24.8 Å². The number of methoxy groups -OCH3 is 1. The van der Waals surface area contributed by atoms with Crippen molar-refractivity contribution in [3.05, 3.63) is 0 Å². The van der Waals surface area contributed by atoms with Gasteiger partial charge in [-0.05, 0) is 13.8 Å². The Morgan fingerprint density at radius 3 is 2.55 bits per heavy atom. The minimum atomic E-state index is -0.732. The fourth-order valence-electron chi connectivity index (χ4n) is 0.328. The van der Waals surface area contributed by atoms with Crippen LogP contribution in [0.2, 0.25) is 0 Å². The predicted molar refractivity (Wildman–Crippen MR) is 44.6 cm³/mol. The molecule has 0 aromatic rings. The minimum Gasteiger partial charge on any atom is -0.366 e. The highest BCUT2D eigenvalue weighted by Crippen LogP contribution is 2.04. The van der Waals surface area contributed by atoms with Crippen molar-refractivity contribution in [2.75, 3.05) is 7.11 Å². The molecule has 0 fully saturated rings. The minimum absolute atomic E-state index is 0.532. The van der Waals surface area contributed by atoms with Crippen molar-refractivity contribution in [1.29, 1.82) is 0 Å². The van der Waals surface area contributed by atoms with Crippen LogP contribution >= 0.6 is 11.6 Å². The Morgan fingerprint density at radius 2 is 2.18 bits per heavy atom. The van der Waals surface area contributed by atoms with Crippen LogP contribution in [0, 0.1) is 11.8 Å². The number of halogens is 1. The van der Waals surface area contributed by atoms with E-state index < -0.39 is 11.0 Å². The van der Waals surface area contributed by atoms with Gasteiger partial charge in [-0.25, -0.2) is 0 Å². The van der Waals surface area contributed by atoms with Gasteiger partial charge in [0, 0.05) is 7.11 Å². The summed E-state index contributed by atoms with van der Waals surface area (Å²) in [7, 11) is 1.55. The van der Waals surface area contributed by atoms with Crippen molar-refractivity contribution < 1.29 is 9.53 Å². The van der Waals surface area contributed by atoms with Gasteiger partial charge >= 0.3 is 0 Å². The highest BCUT2D eigenvalue weighted by Gasteiger charge is 2.11. The summed E-state index contributed by atoms with van der Waals surface area (Å²) in [5, 5.41) is -0.732. The number of aldehydes is 1. The lowest BCUT2D eigenvalue weighted by atomic mass is 10.1. The van der Waals surface area contributed by atoms with E-state index in [1.54, 1.807) is 21.0 Å². The molecule has 1 atom stereocenters. The van der Waals surface area contributed by atoms with Crippen LogP contribution in [0.15, 0.2) is 0 Å². The van der Waals surface area contributed by atoms with E-state index >= 15 is 0 Å². The van der Waals surface area contributed by atoms with Gasteiger partial charge in [-0.1, -0.05) is 11.8 Å². The first-order valence-electron chi connectivity index (χ1n) is 3.19. The van der Waals surface area contributed by atoms with Crippen molar-refractivity contribution in [2.24, 2.45) is 0 Å². The first kappa shape index (κ1) is 10.5. The summed E-state index contributed by atoms with van der Waals surface area (Å²) in [6, 6.07) is 0. The molecule has 0 aliphatic rings. The lowest BCUT2D eigenvalue weighted by Crippen LogP contribution is -2.19. The molecule has 3 heteroatoms. The van der Waals surface area contributed by atoms with Gasteiger partial charge in [0.2, 0.25) is 0 Å². The Bertz CT molecular complexity index is 188. The largest absolute Gasteiger partial charge is 0.366 e. The van der Waals surface area contributed by atoms with Crippen LogP contribution in [0.5, 0.6) is 0 Å². The number of carbonyl (C=O) groups excluding carboxylic acids is 1. The number of hydrogen-bond acceptors (Lipinski definition) is 2. The molecule has 0 bridgehead atoms. The standard InChI is InChI=1S/C8H11ClO2/c1-8(2,11-3)5-4-7(9)6-10/h6-7H,1-3H3. The molecule has 2 nitrogen and oxygen atoms in total. The van der Waals surface area contributed by atoms with Crippen molar-refractivity contribution in [3.63, 3.8) is 0 Å². The third-order valence-corrected chi connectivity index (χ3v) is 1.35. The second-order valence-corrected chi connectivity index (χ2v) is 2.99. The maximum Gasteiger partial charge on any atom is 0.149 e. The van der Waals surface area contributed by atoms with Crippen molar-refractivity contribution in [3.8, 4) is 11.8 Å². The molecule has 11 heavy (non-hydrogen) atoms. The lowest BCUT2D eigenvalue weighted by molar-refractivity contribution is -0.106. The Hall–Kier alpha value is -0.520. The molecule has 0 radical (unpaired) electrons. The molecule has 0 saturated heterocycles. The number of alkyl halides is 1. The third kappa shape index (κ3) is 4.83. The SMILES string of the molecule is COC(C)(C)C#CC(Cl)C=O. The van der Waals surface area contributed by atoms with E-state index in [0.717, 1.165) is 0 Å². The van der Waals surface area contributed by atoms with E-state index in [9.17, 15) is 4.79 Å². The Labute approximate surface area is 71.9 Å². The van der Waals surface area contributed by atoms with Gasteiger partial charge in [-0.3, -0.25) is 0 Å². The maximum absolute atomic E-state index is 10.0. The molecule has 62 valence electrons. The Balaban J connectivity index is 4.15. The smallest absolute Gasteiger partial charge is 0.149 e. The highest BCUT2D eigenvalue weighted by molar-refractivity contribution is 6.29. The normalized spacial score (nSPS) is 13.1. The van der Waals surface area contributed by atoms with Crippen LogP contribution in [-0.4, -0.2) is 24.4 Å². The zero-order valence-electron chi connectivity index (χ0n) is 6.85. The van der Waals surface area contributed by atoms with E-state index in [-0.39, 0.29) is 0 Å². The summed E-state index contributed by atoms with van der Waals surface area (Å²) in [6.45, 7) is 3.60. The Kier molecular flexibility index (Phi) is 4.17. The van der Waals surface area contributed by atoms with Crippen LogP contribution in [0.4, 0.5) is 0 Å². The van der Waals surface area contributed by atoms with Crippen LogP contribution in [0.25, 0.3) is 0 Å². The number of hydrogen-bond donors (Lipinski definition) is 0. The molecular weight excluding hydrogens is 164 g/mol. The predicted octanol–water partition coefficient (Wildman–Crippen LogP) is 1.22. The summed E-state index contributed by atoms with van der Waals surface area (Å²) in [4.78, 5) is 10.0. The third-order valence-electron chi connectivity index (χ3n) is 1.14. The fraction of sp³-hybridized carbons (Fsp3) is 0.625. The van der Waals surface area contributed by atoms with Gasteiger partial charge in [0.05, 0.1) is 0 Å². The van der Waals surface area contributed by atoms with Crippen LogP contribution in [-0.2, 0) is 9.53 Å². The van der Waals surface area contributed by atoms with Crippen LogP contribution < -0.4 is 0 Å². The first-order valence-corrected chi connectivity index (χ1v) is 3.62. The summed E-state index contributed by atoms with van der Waals surface area (Å²) in [6.07, 6.45) is 0.584. The van der Waals surface area contributed by atoms with Gasteiger partial charge in [-0.2, -0.15) is 0 Å². The topological polar surface area (TPSA) is 26.3 Å². The monoisotopic (exact) mass is 174 g/mol. The summed E-state index contributed by atoms with van der Waals surface area (Å²) >= 11 is 5.43. The van der Waals surface area contributed by atoms with Gasteiger partial charge in [-0.15, -0.1) is 11.6 Å². The van der Waals surface area contributed by atoms with Gasteiger partial charge in [0.15, 0.2) is 0 Å². The summed E-state index contributed by atoms with van der Waals surface area (Å²) in [5.41, 5.74) is -0.532. The molecule has 0 aromatic heterocycles. The lowest BCUT2D eigenvalue weighted by Gasteiger charge is -2.14. The molecule has 0 aliphatic carbocycles. The fourth-order valence-corrected chi connectivity index (χ4v) is 0.382. The zero-order valence-corrected chi connectivity index (χ0v) is 7.61. The molecule has 0 amide bonds. The molecule has 0 N–H and O–H groups in total. The van der Waals surface area contributed by atoms with Crippen LogP contribution in [0.3, 0.4) is 0 Å². The number of carbonyl (C=O) groups is 1. The van der Waals surface area contributed by atoms with Crippen molar-refractivity contribution in [1.82, 2.24) is 0 Å². The quantitative estimate of drug-likeness (QED) is 0.358. The summed E-state index contributed by atoms with van der Waals surface area (Å²) in [5.74, 6) is 5.27. The van der Waals surface area contributed by atoms with E-state index in [0.29, 0.717) is 6.29 Å². The molecule has 0 aliphatic heterocycles. The van der Waals surface area contributed by atoms with Crippen molar-refractivity contribution >= 4 is 17.9 Å². The van der Waals surface area contributed by atoms with E-state index in [4.69, 9.17) is 16.3 Å². The second-order valence-electron chi connectivity index (χ2n) is 2.52. The molecule has 0 spiro atoms. The maximum atomic E-state index is 10.0. The zero-order chi connectivity index (χ0) is 8.91. The molecule has 0 aromatic carbocycles. The van der Waals surface area contributed by atoms with Gasteiger partial charge < -0.3 is 9.53 Å². The molecule has 1 unspecified atom stereocenters. The first-order chi connectivity index (χ1) is 5.02. The van der Waals surface area contributed by atoms with E-state index in [1.165, 1.54) is 0 Å². The molecule has 0 rings (SSSR count). The van der Waals surface area contributed by atoms with Crippen LogP contribution in [0.1, 0.15) is 13.8 Å². The van der Waals surface area contributed by atoms with E-state index in [2.05, 4.69) is 11.8 Å². The van der Waals surface area contributed by atoms with Gasteiger partial charge in [0.25, 0.3) is 0 Å².